The molecular weight excluding hydrogens is 294 g/mol. The highest BCUT2D eigenvalue weighted by molar-refractivity contribution is 6.33. The Morgan fingerprint density at radius 2 is 2.24 bits per heavy atom. The molecule has 1 amide bonds. The van der Waals surface area contributed by atoms with Crippen LogP contribution in [0.2, 0.25) is 5.02 Å². The third kappa shape index (κ3) is 5.49. The number of halogens is 1. The molecule has 0 fully saturated rings. The number of amides is 1. The molecular formula is C14H22ClN3O3. The molecule has 0 radical (unpaired) electrons. The molecule has 0 unspecified atom stereocenters. The number of carbonyl (C=O) groups is 1. The van der Waals surface area contributed by atoms with Crippen molar-refractivity contribution in [1.82, 2.24) is 9.88 Å². The van der Waals surface area contributed by atoms with E-state index in [2.05, 4.69) is 10.3 Å². The van der Waals surface area contributed by atoms with Gasteiger partial charge in [0.1, 0.15) is 11.5 Å². The SMILES string of the molecule is CCCNc1ccc(Cl)c(C(=O)N(CCO)CCOC)n1. The second-order valence-electron chi connectivity index (χ2n) is 4.46. The zero-order valence-corrected chi connectivity index (χ0v) is 13.2. The molecule has 7 heteroatoms. The number of rotatable bonds is 9. The van der Waals surface area contributed by atoms with E-state index in [0.717, 1.165) is 13.0 Å². The van der Waals surface area contributed by atoms with Crippen molar-refractivity contribution in [3.8, 4) is 0 Å². The molecule has 1 heterocycles. The van der Waals surface area contributed by atoms with E-state index in [1.165, 1.54) is 4.90 Å². The van der Waals surface area contributed by atoms with Gasteiger partial charge in [-0.15, -0.1) is 0 Å². The number of aliphatic hydroxyl groups excluding tert-OH is 1. The zero-order chi connectivity index (χ0) is 15.7. The van der Waals surface area contributed by atoms with Crippen molar-refractivity contribution < 1.29 is 14.6 Å². The average Bonchev–Trinajstić information content (AvgIpc) is 2.50. The molecule has 6 nitrogen and oxygen atoms in total. The second kappa shape index (κ2) is 9.55. The number of anilines is 1. The molecule has 0 saturated carbocycles. The van der Waals surface area contributed by atoms with Gasteiger partial charge in [0.2, 0.25) is 0 Å². The van der Waals surface area contributed by atoms with Crippen LogP contribution in [0.3, 0.4) is 0 Å². The predicted octanol–water partition coefficient (Wildman–Crippen LogP) is 1.64. The maximum atomic E-state index is 12.5. The van der Waals surface area contributed by atoms with E-state index in [9.17, 15) is 4.79 Å². The quantitative estimate of drug-likeness (QED) is 0.724. The normalized spacial score (nSPS) is 10.5. The Balaban J connectivity index is 2.91. The second-order valence-corrected chi connectivity index (χ2v) is 4.87. The molecule has 118 valence electrons. The van der Waals surface area contributed by atoms with Gasteiger partial charge in [-0.1, -0.05) is 18.5 Å². The van der Waals surface area contributed by atoms with Crippen LogP contribution in [0.4, 0.5) is 5.82 Å². The summed E-state index contributed by atoms with van der Waals surface area (Å²) in [5.74, 6) is 0.298. The summed E-state index contributed by atoms with van der Waals surface area (Å²) < 4.78 is 4.97. The summed E-state index contributed by atoms with van der Waals surface area (Å²) in [5.41, 5.74) is 0.183. The summed E-state index contributed by atoms with van der Waals surface area (Å²) in [6.45, 7) is 3.67. The van der Waals surface area contributed by atoms with E-state index < -0.39 is 0 Å². The van der Waals surface area contributed by atoms with Gasteiger partial charge in [-0.2, -0.15) is 0 Å². The van der Waals surface area contributed by atoms with Crippen LogP contribution < -0.4 is 5.32 Å². The first kappa shape index (κ1) is 17.7. The van der Waals surface area contributed by atoms with Crippen LogP contribution in [0.15, 0.2) is 12.1 Å². The van der Waals surface area contributed by atoms with Gasteiger partial charge in [-0.25, -0.2) is 4.98 Å². The van der Waals surface area contributed by atoms with Crippen LogP contribution in [0.5, 0.6) is 0 Å². The molecule has 2 N–H and O–H groups in total. The summed E-state index contributed by atoms with van der Waals surface area (Å²) >= 11 is 6.07. The largest absolute Gasteiger partial charge is 0.395 e. The van der Waals surface area contributed by atoms with E-state index in [1.807, 2.05) is 6.92 Å². The van der Waals surface area contributed by atoms with Crippen molar-refractivity contribution >= 4 is 23.3 Å². The van der Waals surface area contributed by atoms with Crippen LogP contribution in [0.1, 0.15) is 23.8 Å². The minimum atomic E-state index is -0.314. The molecule has 0 aliphatic heterocycles. The van der Waals surface area contributed by atoms with Crippen LogP contribution in [-0.2, 0) is 4.74 Å². The van der Waals surface area contributed by atoms with Gasteiger partial charge in [-0.05, 0) is 18.6 Å². The highest BCUT2D eigenvalue weighted by Crippen LogP contribution is 2.18. The van der Waals surface area contributed by atoms with Crippen LogP contribution in [-0.4, -0.2) is 60.9 Å². The molecule has 1 rings (SSSR count). The summed E-state index contributed by atoms with van der Waals surface area (Å²) in [6.07, 6.45) is 0.956. The van der Waals surface area contributed by atoms with Crippen molar-refractivity contribution in [2.24, 2.45) is 0 Å². The highest BCUT2D eigenvalue weighted by atomic mass is 35.5. The van der Waals surface area contributed by atoms with Crippen molar-refractivity contribution in [2.75, 3.05) is 45.3 Å². The van der Waals surface area contributed by atoms with Gasteiger partial charge in [-0.3, -0.25) is 4.79 Å². The van der Waals surface area contributed by atoms with Crippen molar-refractivity contribution in [1.29, 1.82) is 0 Å². The maximum absolute atomic E-state index is 12.5. The monoisotopic (exact) mass is 315 g/mol. The Morgan fingerprint density at radius 1 is 1.48 bits per heavy atom. The zero-order valence-electron chi connectivity index (χ0n) is 12.4. The lowest BCUT2D eigenvalue weighted by Crippen LogP contribution is -2.36. The first-order valence-electron chi connectivity index (χ1n) is 6.93. The predicted molar refractivity (Wildman–Crippen MR) is 82.9 cm³/mol. The summed E-state index contributed by atoms with van der Waals surface area (Å²) in [7, 11) is 1.56. The lowest BCUT2D eigenvalue weighted by molar-refractivity contribution is 0.0651. The Morgan fingerprint density at radius 3 is 2.86 bits per heavy atom. The van der Waals surface area contributed by atoms with Gasteiger partial charge in [0, 0.05) is 26.7 Å². The van der Waals surface area contributed by atoms with Crippen molar-refractivity contribution in [3.63, 3.8) is 0 Å². The fourth-order valence-electron chi connectivity index (χ4n) is 1.73. The lowest BCUT2D eigenvalue weighted by Gasteiger charge is -2.21. The van der Waals surface area contributed by atoms with Crippen LogP contribution in [0, 0.1) is 0 Å². The van der Waals surface area contributed by atoms with Gasteiger partial charge in [0.05, 0.1) is 18.2 Å². The molecule has 1 aromatic heterocycles. The highest BCUT2D eigenvalue weighted by Gasteiger charge is 2.20. The van der Waals surface area contributed by atoms with Gasteiger partial charge < -0.3 is 20.1 Å². The molecule has 21 heavy (non-hydrogen) atoms. The average molecular weight is 316 g/mol. The van der Waals surface area contributed by atoms with E-state index in [1.54, 1.807) is 19.2 Å². The molecule has 1 aromatic rings. The number of pyridine rings is 1. The first-order valence-corrected chi connectivity index (χ1v) is 7.31. The standard InChI is InChI=1S/C14H22ClN3O3/c1-3-6-16-12-5-4-11(15)13(17-12)14(20)18(7-9-19)8-10-21-2/h4-5,19H,3,6-10H2,1-2H3,(H,16,17). The van der Waals surface area contributed by atoms with Crippen molar-refractivity contribution in [2.45, 2.75) is 13.3 Å². The molecule has 0 aliphatic carbocycles. The summed E-state index contributed by atoms with van der Waals surface area (Å²) in [6, 6.07) is 3.38. The topological polar surface area (TPSA) is 74.7 Å². The number of nitrogens with one attached hydrogen (secondary N) is 1. The Hall–Kier alpha value is -1.37. The Bertz CT molecular complexity index is 457. The maximum Gasteiger partial charge on any atom is 0.274 e. The Kier molecular flexibility index (Phi) is 8.04. The first-order chi connectivity index (χ1) is 10.1. The van der Waals surface area contributed by atoms with Crippen LogP contribution in [0.25, 0.3) is 0 Å². The number of hydrogen-bond acceptors (Lipinski definition) is 5. The number of aromatic nitrogens is 1. The molecule has 0 atom stereocenters. The summed E-state index contributed by atoms with van der Waals surface area (Å²) in [5, 5.41) is 12.5. The summed E-state index contributed by atoms with van der Waals surface area (Å²) in [4.78, 5) is 18.2. The van der Waals surface area contributed by atoms with E-state index in [4.69, 9.17) is 21.4 Å². The molecule has 0 spiro atoms. The fourth-order valence-corrected chi connectivity index (χ4v) is 1.92. The smallest absolute Gasteiger partial charge is 0.274 e. The van der Waals surface area contributed by atoms with Crippen LogP contribution >= 0.6 is 11.6 Å². The number of nitrogens with zero attached hydrogens (tertiary/aromatic N) is 2. The van der Waals surface area contributed by atoms with E-state index >= 15 is 0 Å². The molecule has 0 saturated heterocycles. The van der Waals surface area contributed by atoms with Gasteiger partial charge in [0.15, 0.2) is 0 Å². The Labute approximate surface area is 130 Å². The minimum Gasteiger partial charge on any atom is -0.395 e. The molecule has 0 aliphatic rings. The molecule has 0 aromatic carbocycles. The lowest BCUT2D eigenvalue weighted by atomic mass is 10.3. The number of aliphatic hydroxyl groups is 1. The minimum absolute atomic E-state index is 0.124. The molecule has 0 bridgehead atoms. The number of carbonyl (C=O) groups excluding carboxylic acids is 1. The van der Waals surface area contributed by atoms with Gasteiger partial charge >= 0.3 is 0 Å². The van der Waals surface area contributed by atoms with Crippen molar-refractivity contribution in [3.05, 3.63) is 22.8 Å². The van der Waals surface area contributed by atoms with E-state index in [-0.39, 0.29) is 24.8 Å². The third-order valence-electron chi connectivity index (χ3n) is 2.83. The number of methoxy groups -OCH3 is 1. The number of hydrogen-bond donors (Lipinski definition) is 2. The third-order valence-corrected chi connectivity index (χ3v) is 3.13. The fraction of sp³-hybridized carbons (Fsp3) is 0.571. The van der Waals surface area contributed by atoms with Gasteiger partial charge in [0.25, 0.3) is 5.91 Å². The van der Waals surface area contributed by atoms with E-state index in [0.29, 0.717) is 24.0 Å². The number of ether oxygens (including phenoxy) is 1.